The third kappa shape index (κ3) is 8.23. The van der Waals surface area contributed by atoms with Gasteiger partial charge < -0.3 is 19.6 Å². The average molecular weight is 829 g/mol. The molecule has 0 aromatic heterocycles. The summed E-state index contributed by atoms with van der Waals surface area (Å²) in [5.41, 5.74) is 3.79. The maximum atomic E-state index is 12.5. The average Bonchev–Trinajstić information content (AvgIpc) is 3.54. The second kappa shape index (κ2) is 16.8. The number of allylic oxidation sites excluding steroid dienone is 7. The molecule has 308 valence electrons. The fourth-order valence-electron chi connectivity index (χ4n) is 8.99. The zero-order valence-corrected chi connectivity index (χ0v) is 35.2. The Morgan fingerprint density at radius 3 is 2.21 bits per heavy atom. The number of anilines is 2. The molecule has 0 fully saturated rings. The summed E-state index contributed by atoms with van der Waals surface area (Å²) in [4.78, 5) is 14.4. The number of unbranched alkanes of at least 4 members (excludes halogenated alkanes) is 2. The van der Waals surface area contributed by atoms with Gasteiger partial charge in [0.1, 0.15) is 4.90 Å². The van der Waals surface area contributed by atoms with E-state index in [0.29, 0.717) is 43.7 Å². The van der Waals surface area contributed by atoms with Gasteiger partial charge in [-0.15, -0.1) is 0 Å². The molecule has 58 heavy (non-hydrogen) atoms. The number of hydrogen-bond donors (Lipinski definition) is 3. The Morgan fingerprint density at radius 1 is 0.810 bits per heavy atom. The molecule has 3 N–H and O–H groups in total. The summed E-state index contributed by atoms with van der Waals surface area (Å²) in [7, 11) is -7.98. The molecule has 0 radical (unpaired) electrons. The maximum absolute atomic E-state index is 12.5. The van der Waals surface area contributed by atoms with Crippen LogP contribution in [0.4, 0.5) is 11.4 Å². The second-order valence-corrected chi connectivity index (χ2v) is 18.5. The molecule has 4 aromatic carbocycles. The topological polar surface area (TPSA) is 162 Å². The summed E-state index contributed by atoms with van der Waals surface area (Å²) in [6.45, 7) is 10.4. The third-order valence-electron chi connectivity index (χ3n) is 11.7. The van der Waals surface area contributed by atoms with Crippen LogP contribution in [0.3, 0.4) is 0 Å². The third-order valence-corrected chi connectivity index (χ3v) is 13.4. The fraction of sp³-hybridized carbons (Fsp3) is 0.356. The van der Waals surface area contributed by atoms with Gasteiger partial charge in [-0.1, -0.05) is 100 Å². The SMILES string of the molecule is CCN1c2ccc3ccccc3c2C(C)(CCOC)C1/C=C/C=C/C=C/C=C1/N(CCCCCC(=O)O)c2ccc3c(S(=O)(=O)O)cc(S(=O)(=O)O)cc3c2C1(C)C. The van der Waals surface area contributed by atoms with Gasteiger partial charge in [0.25, 0.3) is 20.2 Å². The zero-order valence-electron chi connectivity index (χ0n) is 33.6. The minimum atomic E-state index is -4.88. The Bertz CT molecular complexity index is 2580. The number of methoxy groups -OCH3 is 1. The van der Waals surface area contributed by atoms with E-state index in [2.05, 4.69) is 72.2 Å². The molecular weight excluding hydrogens is 777 g/mol. The van der Waals surface area contributed by atoms with E-state index in [-0.39, 0.29) is 28.7 Å². The summed E-state index contributed by atoms with van der Waals surface area (Å²) < 4.78 is 75.3. The monoisotopic (exact) mass is 828 g/mol. The number of carbonyl (C=O) groups is 1. The number of ether oxygens (including phenoxy) is 1. The highest BCUT2D eigenvalue weighted by Gasteiger charge is 2.47. The predicted octanol–water partition coefficient (Wildman–Crippen LogP) is 8.98. The minimum Gasteiger partial charge on any atom is -0.481 e. The first-order valence-corrected chi connectivity index (χ1v) is 22.4. The van der Waals surface area contributed by atoms with Crippen LogP contribution in [0.2, 0.25) is 0 Å². The van der Waals surface area contributed by atoms with Gasteiger partial charge in [0.15, 0.2) is 0 Å². The number of benzene rings is 4. The van der Waals surface area contributed by atoms with E-state index in [1.165, 1.54) is 34.2 Å². The number of carboxylic acids is 1. The minimum absolute atomic E-state index is 0.0587. The van der Waals surface area contributed by atoms with Crippen molar-refractivity contribution in [2.75, 3.05) is 36.6 Å². The van der Waals surface area contributed by atoms with Crippen LogP contribution in [-0.2, 0) is 40.6 Å². The van der Waals surface area contributed by atoms with Crippen LogP contribution in [0.1, 0.15) is 70.9 Å². The first-order chi connectivity index (χ1) is 27.4. The van der Waals surface area contributed by atoms with Crippen LogP contribution in [-0.4, -0.2) is 69.9 Å². The number of likely N-dealkylation sites (N-methyl/N-ethyl adjacent to an activating group) is 1. The van der Waals surface area contributed by atoms with Crippen molar-refractivity contribution in [2.24, 2.45) is 0 Å². The van der Waals surface area contributed by atoms with Gasteiger partial charge in [-0.2, -0.15) is 16.8 Å². The molecule has 2 unspecified atom stereocenters. The Kier molecular flexibility index (Phi) is 12.4. The number of nitrogens with zero attached hydrogens (tertiary/aromatic N) is 2. The normalized spacial score (nSPS) is 20.1. The van der Waals surface area contributed by atoms with Crippen molar-refractivity contribution >= 4 is 59.1 Å². The summed E-state index contributed by atoms with van der Waals surface area (Å²) in [6, 6.07) is 18.3. The lowest BCUT2D eigenvalue weighted by atomic mass is 9.74. The van der Waals surface area contributed by atoms with E-state index in [4.69, 9.17) is 9.84 Å². The predicted molar refractivity (Wildman–Crippen MR) is 230 cm³/mol. The number of fused-ring (bicyclic) bond motifs is 6. The van der Waals surface area contributed by atoms with Gasteiger partial charge in [0.05, 0.1) is 10.9 Å². The highest BCUT2D eigenvalue weighted by atomic mass is 32.2. The lowest BCUT2D eigenvalue weighted by molar-refractivity contribution is -0.137. The van der Waals surface area contributed by atoms with Gasteiger partial charge >= 0.3 is 5.97 Å². The molecule has 4 aromatic rings. The summed E-state index contributed by atoms with van der Waals surface area (Å²) in [5, 5.41) is 12.0. The molecule has 0 saturated carbocycles. The standard InChI is InChI=1S/C45H52N2O9S2/c1-6-46-37-24-22-31-17-14-15-18-33(31)43(37)45(4,26-28-56-5)40(46)20-12-9-7-8-11-19-39-44(2,3)42-35-29-32(57(50,51)52)30-38(58(53,54)55)34(35)23-25-36(42)47(39)27-16-10-13-21-41(48)49/h7-9,11-12,14-15,17-20,22-25,29-30,40H,6,10,13,16,21,26-28H2,1-5H3,(H,48,49)(H,50,51,52)(H,53,54,55)/b9-7+,11-8+,20-12+,39-19+. The van der Waals surface area contributed by atoms with Crippen LogP contribution >= 0.6 is 0 Å². The molecule has 2 atom stereocenters. The highest BCUT2D eigenvalue weighted by Crippen LogP contribution is 2.53. The molecular formula is C45H52N2O9S2. The number of rotatable bonds is 16. The molecule has 2 aliphatic heterocycles. The number of carboxylic acid groups (broad SMARTS) is 1. The summed E-state index contributed by atoms with van der Waals surface area (Å²) in [5.74, 6) is -0.859. The fourth-order valence-corrected chi connectivity index (χ4v) is 10.3. The van der Waals surface area contributed by atoms with E-state index in [1.54, 1.807) is 13.2 Å². The van der Waals surface area contributed by atoms with Crippen molar-refractivity contribution in [2.45, 2.75) is 86.5 Å². The lowest BCUT2D eigenvalue weighted by Crippen LogP contribution is -2.42. The highest BCUT2D eigenvalue weighted by molar-refractivity contribution is 7.86. The van der Waals surface area contributed by atoms with Crippen molar-refractivity contribution in [1.82, 2.24) is 0 Å². The molecule has 6 rings (SSSR count). The van der Waals surface area contributed by atoms with Gasteiger partial charge in [-0.25, -0.2) is 0 Å². The van der Waals surface area contributed by atoms with E-state index < -0.39 is 41.4 Å². The van der Waals surface area contributed by atoms with Crippen molar-refractivity contribution in [3.05, 3.63) is 120 Å². The second-order valence-electron chi connectivity index (χ2n) is 15.7. The first-order valence-electron chi connectivity index (χ1n) is 19.5. The summed E-state index contributed by atoms with van der Waals surface area (Å²) in [6.07, 6.45) is 16.8. The molecule has 0 bridgehead atoms. The van der Waals surface area contributed by atoms with Gasteiger partial charge in [-0.05, 0) is 83.8 Å². The van der Waals surface area contributed by atoms with Gasteiger partial charge in [0, 0.05) is 66.5 Å². The van der Waals surface area contributed by atoms with Crippen molar-refractivity contribution in [3.63, 3.8) is 0 Å². The maximum Gasteiger partial charge on any atom is 0.303 e. The van der Waals surface area contributed by atoms with Gasteiger partial charge in [0.2, 0.25) is 0 Å². The number of hydrogen-bond acceptors (Lipinski definition) is 8. The van der Waals surface area contributed by atoms with E-state index >= 15 is 0 Å². The van der Waals surface area contributed by atoms with Crippen LogP contribution in [0.25, 0.3) is 21.5 Å². The molecule has 0 aliphatic carbocycles. The molecule has 11 nitrogen and oxygen atoms in total. The molecule has 13 heteroatoms. The molecule has 0 saturated heterocycles. The zero-order chi connectivity index (χ0) is 42.0. The largest absolute Gasteiger partial charge is 0.481 e. The Hall–Kier alpha value is -4.79. The molecule has 2 aliphatic rings. The van der Waals surface area contributed by atoms with Crippen LogP contribution in [0, 0.1) is 0 Å². The van der Waals surface area contributed by atoms with E-state index in [0.717, 1.165) is 24.7 Å². The van der Waals surface area contributed by atoms with Crippen LogP contribution in [0.5, 0.6) is 0 Å². The molecule has 0 spiro atoms. The Labute approximate surface area is 341 Å². The van der Waals surface area contributed by atoms with Crippen molar-refractivity contribution in [3.8, 4) is 0 Å². The molecule has 0 amide bonds. The van der Waals surface area contributed by atoms with Crippen molar-refractivity contribution < 1.29 is 40.6 Å². The van der Waals surface area contributed by atoms with E-state index in [9.17, 15) is 30.7 Å². The first kappa shape index (κ1) is 42.8. The van der Waals surface area contributed by atoms with E-state index in [1.807, 2.05) is 44.2 Å². The van der Waals surface area contributed by atoms with Crippen LogP contribution in [0.15, 0.2) is 119 Å². The Balaban J connectivity index is 1.33. The smallest absolute Gasteiger partial charge is 0.303 e. The van der Waals surface area contributed by atoms with Crippen molar-refractivity contribution in [1.29, 1.82) is 0 Å². The van der Waals surface area contributed by atoms with Gasteiger partial charge in [-0.3, -0.25) is 13.9 Å². The number of aliphatic carboxylic acids is 1. The lowest BCUT2D eigenvalue weighted by Gasteiger charge is -2.35. The van der Waals surface area contributed by atoms with Crippen LogP contribution < -0.4 is 9.80 Å². The quantitative estimate of drug-likeness (QED) is 0.0562. The Morgan fingerprint density at radius 2 is 1.52 bits per heavy atom. The molecule has 2 heterocycles. The summed E-state index contributed by atoms with van der Waals surface area (Å²) >= 11 is 0.